The molecule has 0 saturated carbocycles. The summed E-state index contributed by atoms with van der Waals surface area (Å²) in [6, 6.07) is 6.78. The molecule has 134 valence electrons. The second-order valence-electron chi connectivity index (χ2n) is 5.81. The van der Waals surface area contributed by atoms with Gasteiger partial charge in [0.2, 0.25) is 5.91 Å². The molecule has 5 nitrogen and oxygen atoms in total. The van der Waals surface area contributed by atoms with Gasteiger partial charge in [-0.2, -0.15) is 8.78 Å². The topological polar surface area (TPSA) is 44.8 Å². The van der Waals surface area contributed by atoms with Gasteiger partial charge in [-0.3, -0.25) is 9.69 Å². The number of rotatable bonds is 8. The van der Waals surface area contributed by atoms with E-state index in [1.54, 1.807) is 18.2 Å². The molecule has 2 rings (SSSR count). The molecule has 0 bridgehead atoms. The third kappa shape index (κ3) is 5.06. The molecule has 1 atom stereocenters. The van der Waals surface area contributed by atoms with Crippen molar-refractivity contribution in [1.82, 2.24) is 10.2 Å². The van der Waals surface area contributed by atoms with Gasteiger partial charge in [0.15, 0.2) is 0 Å². The number of carbonyl (C=O) groups excluding carboxylic acids is 1. The van der Waals surface area contributed by atoms with Crippen LogP contribution in [0.2, 0.25) is 0 Å². The van der Waals surface area contributed by atoms with E-state index in [0.29, 0.717) is 25.3 Å². The highest BCUT2D eigenvalue weighted by molar-refractivity contribution is 5.78. The van der Waals surface area contributed by atoms with Crippen molar-refractivity contribution < 1.29 is 18.3 Å². The molecule has 24 heavy (non-hydrogen) atoms. The van der Waals surface area contributed by atoms with Crippen molar-refractivity contribution in [2.45, 2.75) is 32.9 Å². The highest BCUT2D eigenvalue weighted by atomic mass is 19.3. The molecular formula is C17H25F2N3O2. The number of ether oxygens (including phenoxy) is 1. The first-order valence-corrected chi connectivity index (χ1v) is 8.34. The van der Waals surface area contributed by atoms with Gasteiger partial charge in [-0.15, -0.1) is 0 Å². The van der Waals surface area contributed by atoms with Crippen LogP contribution < -0.4 is 15.0 Å². The number of hydrogen-bond acceptors (Lipinski definition) is 4. The normalized spacial score (nSPS) is 17.6. The number of amides is 1. The van der Waals surface area contributed by atoms with Gasteiger partial charge in [0.25, 0.3) is 0 Å². The molecule has 1 heterocycles. The quantitative estimate of drug-likeness (QED) is 0.788. The zero-order valence-corrected chi connectivity index (χ0v) is 14.2. The third-order valence-corrected chi connectivity index (χ3v) is 4.24. The Morgan fingerprint density at radius 3 is 2.75 bits per heavy atom. The van der Waals surface area contributed by atoms with E-state index in [1.807, 2.05) is 23.6 Å². The lowest BCUT2D eigenvalue weighted by atomic mass is 10.2. The van der Waals surface area contributed by atoms with Gasteiger partial charge in [-0.05, 0) is 31.6 Å². The lowest BCUT2D eigenvalue weighted by molar-refractivity contribution is -0.122. The predicted molar refractivity (Wildman–Crippen MR) is 89.6 cm³/mol. The Kier molecular flexibility index (Phi) is 6.78. The molecule has 1 N–H and O–H groups in total. The molecule has 1 saturated heterocycles. The third-order valence-electron chi connectivity index (χ3n) is 4.24. The number of hydrogen-bond donors (Lipinski definition) is 1. The molecule has 0 spiro atoms. The SMILES string of the molecule is CCN(CC)CC(=O)N[C@@H]1CCN(c2ccccc2OC(F)F)C1. The van der Waals surface area contributed by atoms with Gasteiger partial charge in [-0.1, -0.05) is 26.0 Å². The minimum atomic E-state index is -2.85. The van der Waals surface area contributed by atoms with E-state index >= 15 is 0 Å². The summed E-state index contributed by atoms with van der Waals surface area (Å²) < 4.78 is 29.6. The second kappa shape index (κ2) is 8.82. The number of nitrogens with one attached hydrogen (secondary N) is 1. The maximum Gasteiger partial charge on any atom is 0.387 e. The minimum absolute atomic E-state index is 0.00247. The second-order valence-corrected chi connectivity index (χ2v) is 5.81. The first-order valence-electron chi connectivity index (χ1n) is 8.34. The largest absolute Gasteiger partial charge is 0.433 e. The Bertz CT molecular complexity index is 538. The Morgan fingerprint density at radius 2 is 2.08 bits per heavy atom. The van der Waals surface area contributed by atoms with E-state index in [-0.39, 0.29) is 17.7 Å². The van der Waals surface area contributed by atoms with E-state index in [9.17, 15) is 13.6 Å². The van der Waals surface area contributed by atoms with Crippen LogP contribution in [0.25, 0.3) is 0 Å². The Balaban J connectivity index is 1.92. The van der Waals surface area contributed by atoms with Crippen molar-refractivity contribution in [3.63, 3.8) is 0 Å². The summed E-state index contributed by atoms with van der Waals surface area (Å²) in [5.41, 5.74) is 0.637. The molecule has 0 aliphatic carbocycles. The van der Waals surface area contributed by atoms with Crippen LogP contribution in [-0.4, -0.2) is 56.2 Å². The van der Waals surface area contributed by atoms with Gasteiger partial charge in [0.05, 0.1) is 12.2 Å². The Labute approximate surface area is 141 Å². The molecule has 1 aromatic carbocycles. The first-order chi connectivity index (χ1) is 11.5. The summed E-state index contributed by atoms with van der Waals surface area (Å²) in [6.45, 7) is 4.53. The van der Waals surface area contributed by atoms with Gasteiger partial charge < -0.3 is 15.0 Å². The van der Waals surface area contributed by atoms with Crippen LogP contribution in [0.1, 0.15) is 20.3 Å². The van der Waals surface area contributed by atoms with E-state index in [1.165, 1.54) is 6.07 Å². The summed E-state index contributed by atoms with van der Waals surface area (Å²) in [7, 11) is 0. The minimum Gasteiger partial charge on any atom is -0.433 e. The molecule has 1 fully saturated rings. The maximum absolute atomic E-state index is 12.5. The summed E-state index contributed by atoms with van der Waals surface area (Å²) in [6.07, 6.45) is 0.785. The molecule has 0 aromatic heterocycles. The fourth-order valence-electron chi connectivity index (χ4n) is 2.93. The number of benzene rings is 1. The van der Waals surface area contributed by atoms with E-state index in [0.717, 1.165) is 19.5 Å². The molecule has 1 amide bonds. The van der Waals surface area contributed by atoms with Crippen molar-refractivity contribution in [2.75, 3.05) is 37.6 Å². The van der Waals surface area contributed by atoms with Crippen LogP contribution in [0.3, 0.4) is 0 Å². The molecule has 1 aromatic rings. The molecule has 1 aliphatic rings. The van der Waals surface area contributed by atoms with E-state index < -0.39 is 6.61 Å². The van der Waals surface area contributed by atoms with E-state index in [4.69, 9.17) is 0 Å². The fourth-order valence-corrected chi connectivity index (χ4v) is 2.93. The fraction of sp³-hybridized carbons (Fsp3) is 0.588. The van der Waals surface area contributed by atoms with Gasteiger partial charge in [0.1, 0.15) is 5.75 Å². The highest BCUT2D eigenvalue weighted by Crippen LogP contribution is 2.31. The van der Waals surface area contributed by atoms with Crippen molar-refractivity contribution in [3.05, 3.63) is 24.3 Å². The average Bonchev–Trinajstić information content (AvgIpc) is 3.00. The Morgan fingerprint density at radius 1 is 1.38 bits per heavy atom. The van der Waals surface area contributed by atoms with Crippen molar-refractivity contribution >= 4 is 11.6 Å². The van der Waals surface area contributed by atoms with Gasteiger partial charge in [0, 0.05) is 19.1 Å². The number of nitrogens with zero attached hydrogens (tertiary/aromatic N) is 2. The number of para-hydroxylation sites is 2. The number of carbonyl (C=O) groups is 1. The number of likely N-dealkylation sites (N-methyl/N-ethyl adjacent to an activating group) is 1. The van der Waals surface area contributed by atoms with Crippen LogP contribution in [-0.2, 0) is 4.79 Å². The number of anilines is 1. The van der Waals surface area contributed by atoms with Crippen LogP contribution in [0.5, 0.6) is 5.75 Å². The lowest BCUT2D eigenvalue weighted by Gasteiger charge is -2.22. The van der Waals surface area contributed by atoms with Crippen LogP contribution >= 0.6 is 0 Å². The van der Waals surface area contributed by atoms with Crippen molar-refractivity contribution in [1.29, 1.82) is 0 Å². The zero-order chi connectivity index (χ0) is 17.5. The average molecular weight is 341 g/mol. The molecule has 1 aliphatic heterocycles. The lowest BCUT2D eigenvalue weighted by Crippen LogP contribution is -2.43. The molecule has 0 unspecified atom stereocenters. The standard InChI is InChI=1S/C17H25F2N3O2/c1-3-21(4-2)12-16(23)20-13-9-10-22(11-13)14-7-5-6-8-15(14)24-17(18)19/h5-8,13,17H,3-4,9-12H2,1-2H3,(H,20,23)/t13-/m1/s1. The van der Waals surface area contributed by atoms with Crippen molar-refractivity contribution in [3.8, 4) is 5.75 Å². The highest BCUT2D eigenvalue weighted by Gasteiger charge is 2.26. The predicted octanol–water partition coefficient (Wildman–Crippen LogP) is 2.32. The Hall–Kier alpha value is -1.89. The molecular weight excluding hydrogens is 316 g/mol. The first kappa shape index (κ1) is 18.4. The smallest absolute Gasteiger partial charge is 0.387 e. The van der Waals surface area contributed by atoms with Crippen LogP contribution in [0.4, 0.5) is 14.5 Å². The summed E-state index contributed by atoms with van der Waals surface area (Å²) in [5, 5.41) is 3.03. The van der Waals surface area contributed by atoms with Crippen LogP contribution in [0.15, 0.2) is 24.3 Å². The number of halogens is 2. The van der Waals surface area contributed by atoms with Gasteiger partial charge in [-0.25, -0.2) is 0 Å². The van der Waals surface area contributed by atoms with Crippen molar-refractivity contribution in [2.24, 2.45) is 0 Å². The molecule has 7 heteroatoms. The van der Waals surface area contributed by atoms with E-state index in [2.05, 4.69) is 10.1 Å². The molecule has 0 radical (unpaired) electrons. The van der Waals surface area contributed by atoms with Gasteiger partial charge >= 0.3 is 6.61 Å². The maximum atomic E-state index is 12.5. The number of alkyl halides is 2. The summed E-state index contributed by atoms with van der Waals surface area (Å²) in [4.78, 5) is 16.1. The summed E-state index contributed by atoms with van der Waals surface area (Å²) in [5.74, 6) is 0.172. The zero-order valence-electron chi connectivity index (χ0n) is 14.2. The monoisotopic (exact) mass is 341 g/mol. The van der Waals surface area contributed by atoms with Crippen LogP contribution in [0, 0.1) is 0 Å². The summed E-state index contributed by atoms with van der Waals surface area (Å²) >= 11 is 0.